The fourth-order valence-electron chi connectivity index (χ4n) is 2.76. The minimum absolute atomic E-state index is 0.182. The smallest absolute Gasteiger partial charge is 0.225 e. The Bertz CT molecular complexity index is 1160. The maximum atomic E-state index is 12.2. The van der Waals surface area contributed by atoms with Crippen molar-refractivity contribution >= 4 is 46.4 Å². The summed E-state index contributed by atoms with van der Waals surface area (Å²) in [5.41, 5.74) is 1.69. The Labute approximate surface area is 182 Å². The molecular weight excluding hydrogens is 425 g/mol. The van der Waals surface area contributed by atoms with Crippen molar-refractivity contribution in [3.05, 3.63) is 76.2 Å². The van der Waals surface area contributed by atoms with Crippen LogP contribution in [0, 0.1) is 0 Å². The molecule has 8 nitrogen and oxygen atoms in total. The van der Waals surface area contributed by atoms with Crippen LogP contribution in [-0.2, 0) is 17.8 Å². The van der Waals surface area contributed by atoms with Crippen molar-refractivity contribution in [2.24, 2.45) is 0 Å². The monoisotopic (exact) mass is 441 g/mol. The minimum Gasteiger partial charge on any atom is -0.365 e. The molecule has 0 spiro atoms. The topological polar surface area (TPSA) is 97.1 Å². The second-order valence-corrected chi connectivity index (χ2v) is 7.37. The molecule has 4 rings (SSSR count). The molecule has 1 amide bonds. The molecule has 3 aromatic heterocycles. The van der Waals surface area contributed by atoms with Gasteiger partial charge in [0.15, 0.2) is 11.5 Å². The summed E-state index contributed by atoms with van der Waals surface area (Å²) in [6.45, 7) is 0.601. The normalized spacial score (nSPS) is 10.9. The molecule has 0 atom stereocenters. The number of carbonyl (C=O) groups is 1. The van der Waals surface area contributed by atoms with Crippen molar-refractivity contribution < 1.29 is 4.79 Å². The molecule has 0 saturated carbocycles. The number of hydrogen-bond acceptors (Lipinski definition) is 6. The Balaban J connectivity index is 1.39. The van der Waals surface area contributed by atoms with Crippen LogP contribution in [0.1, 0.15) is 17.8 Å². The lowest BCUT2D eigenvalue weighted by Crippen LogP contribution is -2.14. The Kier molecular flexibility index (Phi) is 6.06. The number of rotatable bonds is 7. The number of nitrogens with one attached hydrogen (secondary N) is 2. The van der Waals surface area contributed by atoms with Crippen molar-refractivity contribution in [3.8, 4) is 0 Å². The zero-order valence-electron chi connectivity index (χ0n) is 15.7. The van der Waals surface area contributed by atoms with Gasteiger partial charge in [0.05, 0.1) is 5.02 Å². The zero-order valence-corrected chi connectivity index (χ0v) is 17.2. The molecule has 0 aliphatic heterocycles. The first-order chi connectivity index (χ1) is 14.6. The van der Waals surface area contributed by atoms with Gasteiger partial charge in [-0.05, 0) is 42.0 Å². The molecule has 0 radical (unpaired) electrons. The van der Waals surface area contributed by atoms with E-state index in [1.165, 1.54) is 6.20 Å². The Morgan fingerprint density at radius 1 is 0.933 bits per heavy atom. The molecule has 30 heavy (non-hydrogen) atoms. The van der Waals surface area contributed by atoms with E-state index in [9.17, 15) is 4.79 Å². The number of hydrogen-bond donors (Lipinski definition) is 2. The van der Waals surface area contributed by atoms with Gasteiger partial charge in [-0.3, -0.25) is 4.79 Å². The fourth-order valence-corrected chi connectivity index (χ4v) is 3.00. The van der Waals surface area contributed by atoms with Crippen LogP contribution in [-0.4, -0.2) is 30.7 Å². The first kappa shape index (κ1) is 20.1. The number of halogens is 2. The summed E-state index contributed by atoms with van der Waals surface area (Å²) in [4.78, 5) is 16.2. The van der Waals surface area contributed by atoms with Gasteiger partial charge in [0, 0.05) is 30.6 Å². The number of amides is 1. The van der Waals surface area contributed by atoms with Gasteiger partial charge in [0.1, 0.15) is 11.6 Å². The number of pyridine rings is 1. The summed E-state index contributed by atoms with van der Waals surface area (Å²) in [7, 11) is 0. The number of benzene rings is 1. The van der Waals surface area contributed by atoms with E-state index in [-0.39, 0.29) is 12.3 Å². The van der Waals surface area contributed by atoms with Crippen molar-refractivity contribution in [1.82, 2.24) is 24.8 Å². The van der Waals surface area contributed by atoms with Gasteiger partial charge in [0.25, 0.3) is 0 Å². The Morgan fingerprint density at radius 3 is 2.47 bits per heavy atom. The first-order valence-corrected chi connectivity index (χ1v) is 9.93. The van der Waals surface area contributed by atoms with E-state index in [0.717, 1.165) is 5.56 Å². The largest absolute Gasteiger partial charge is 0.365 e. The Hall–Kier alpha value is -3.23. The second-order valence-electron chi connectivity index (χ2n) is 6.49. The molecule has 0 unspecified atom stereocenters. The Morgan fingerprint density at radius 2 is 1.70 bits per heavy atom. The molecule has 0 saturated heterocycles. The average molecular weight is 442 g/mol. The number of nitrogens with zero attached hydrogens (tertiary/aromatic N) is 5. The van der Waals surface area contributed by atoms with E-state index >= 15 is 0 Å². The van der Waals surface area contributed by atoms with Crippen molar-refractivity contribution in [3.63, 3.8) is 0 Å². The number of fused-ring (bicyclic) bond motifs is 1. The van der Waals surface area contributed by atoms with Gasteiger partial charge in [-0.1, -0.05) is 35.3 Å². The van der Waals surface area contributed by atoms with Crippen molar-refractivity contribution in [2.75, 3.05) is 10.6 Å². The quantitative estimate of drug-likeness (QED) is 0.449. The third kappa shape index (κ3) is 5.03. The van der Waals surface area contributed by atoms with Crippen molar-refractivity contribution in [1.29, 1.82) is 0 Å². The van der Waals surface area contributed by atoms with Gasteiger partial charge in [0.2, 0.25) is 5.91 Å². The summed E-state index contributed by atoms with van der Waals surface area (Å²) in [5.74, 6) is 1.54. The maximum absolute atomic E-state index is 12.2. The standard InChI is InChI=1S/C20H17Cl2N7O/c21-14-3-1-13(2-4-14)11-23-17-7-8-18-26-27-19(29(18)28-17)9-10-20(30)25-16-6-5-15(22)12-24-16/h1-8,12H,9-11H2,(H,23,28)(H,24,25,30). The van der Waals surface area contributed by atoms with Crippen LogP contribution >= 0.6 is 23.2 Å². The summed E-state index contributed by atoms with van der Waals surface area (Å²) in [6.07, 6.45) is 2.08. The number of anilines is 2. The third-order valence-electron chi connectivity index (χ3n) is 4.28. The van der Waals surface area contributed by atoms with E-state index in [4.69, 9.17) is 23.2 Å². The highest BCUT2D eigenvalue weighted by atomic mass is 35.5. The fraction of sp³-hybridized carbons (Fsp3) is 0.150. The maximum Gasteiger partial charge on any atom is 0.225 e. The molecule has 0 aliphatic rings. The first-order valence-electron chi connectivity index (χ1n) is 9.18. The van der Waals surface area contributed by atoms with Crippen LogP contribution in [0.5, 0.6) is 0 Å². The van der Waals surface area contributed by atoms with Crippen LogP contribution in [0.4, 0.5) is 11.6 Å². The van der Waals surface area contributed by atoms with Crippen molar-refractivity contribution in [2.45, 2.75) is 19.4 Å². The predicted octanol–water partition coefficient (Wildman–Crippen LogP) is 4.01. The van der Waals surface area contributed by atoms with Crippen LogP contribution in [0.2, 0.25) is 10.0 Å². The van der Waals surface area contributed by atoms with Gasteiger partial charge in [-0.15, -0.1) is 15.3 Å². The lowest BCUT2D eigenvalue weighted by atomic mass is 10.2. The molecule has 3 heterocycles. The van der Waals surface area contributed by atoms with Gasteiger partial charge < -0.3 is 10.6 Å². The summed E-state index contributed by atoms with van der Waals surface area (Å²) in [6, 6.07) is 14.6. The molecule has 2 N–H and O–H groups in total. The van der Waals surface area contributed by atoms with E-state index in [1.54, 1.807) is 16.6 Å². The summed E-state index contributed by atoms with van der Waals surface area (Å²) in [5, 5.41) is 20.0. The molecule has 0 bridgehead atoms. The highest BCUT2D eigenvalue weighted by Crippen LogP contribution is 2.13. The van der Waals surface area contributed by atoms with Gasteiger partial charge >= 0.3 is 0 Å². The number of aromatic nitrogens is 5. The number of carbonyl (C=O) groups excluding carboxylic acids is 1. The SMILES string of the molecule is O=C(CCc1nnc2ccc(NCc3ccc(Cl)cc3)nn12)Nc1ccc(Cl)cn1. The number of aryl methyl sites for hydroxylation is 1. The second kappa shape index (κ2) is 9.06. The van der Waals surface area contributed by atoms with E-state index in [2.05, 4.69) is 30.9 Å². The molecule has 0 fully saturated rings. The van der Waals surface area contributed by atoms with E-state index < -0.39 is 0 Å². The average Bonchev–Trinajstić information content (AvgIpc) is 3.16. The van der Waals surface area contributed by atoms with Crippen LogP contribution in [0.15, 0.2) is 54.7 Å². The molecule has 4 aromatic rings. The van der Waals surface area contributed by atoms with Crippen LogP contribution < -0.4 is 10.6 Å². The van der Waals surface area contributed by atoms with Gasteiger partial charge in [-0.2, -0.15) is 4.52 Å². The zero-order chi connectivity index (χ0) is 20.9. The lowest BCUT2D eigenvalue weighted by Gasteiger charge is -2.07. The highest BCUT2D eigenvalue weighted by Gasteiger charge is 2.11. The summed E-state index contributed by atoms with van der Waals surface area (Å²) < 4.78 is 1.64. The van der Waals surface area contributed by atoms with Crippen LogP contribution in [0.3, 0.4) is 0 Å². The van der Waals surface area contributed by atoms with E-state index in [1.807, 2.05) is 36.4 Å². The molecule has 152 valence electrons. The molecule has 10 heteroatoms. The highest BCUT2D eigenvalue weighted by molar-refractivity contribution is 6.30. The van der Waals surface area contributed by atoms with Crippen LogP contribution in [0.25, 0.3) is 5.65 Å². The molecular formula is C20H17Cl2N7O. The van der Waals surface area contributed by atoms with E-state index in [0.29, 0.717) is 46.1 Å². The minimum atomic E-state index is -0.182. The molecule has 1 aromatic carbocycles. The summed E-state index contributed by atoms with van der Waals surface area (Å²) >= 11 is 11.7. The predicted molar refractivity (Wildman–Crippen MR) is 116 cm³/mol. The van der Waals surface area contributed by atoms with Gasteiger partial charge in [-0.25, -0.2) is 4.98 Å². The molecule has 0 aliphatic carbocycles. The third-order valence-corrected chi connectivity index (χ3v) is 4.76. The lowest BCUT2D eigenvalue weighted by molar-refractivity contribution is -0.116.